The molecule has 0 aromatic carbocycles. The number of aldehydes is 1. The van der Waals surface area contributed by atoms with E-state index in [0.29, 0.717) is 6.29 Å². The number of aromatic nitrogens is 2. The lowest BCUT2D eigenvalue weighted by Crippen LogP contribution is -2.31. The number of hydrogen-bond donors (Lipinski definition) is 1. The summed E-state index contributed by atoms with van der Waals surface area (Å²) in [7, 11) is 0. The minimum absolute atomic E-state index is 0.0330. The molecule has 0 radical (unpaired) electrons. The molecule has 1 fully saturated rings. The predicted octanol–water partition coefficient (Wildman–Crippen LogP) is -0.580. The second kappa shape index (κ2) is 7.21. The van der Waals surface area contributed by atoms with Crippen LogP contribution in [-0.2, 0) is 23.8 Å². The second-order valence-corrected chi connectivity index (χ2v) is 5.20. The Bertz CT molecular complexity index is 715. The molecule has 0 bridgehead atoms. The number of esters is 2. The van der Waals surface area contributed by atoms with Gasteiger partial charge in [-0.15, -0.1) is 0 Å². The molecular weight excluding hydrogens is 322 g/mol. The molecule has 0 spiro atoms. The van der Waals surface area contributed by atoms with Crippen molar-refractivity contribution in [1.29, 1.82) is 0 Å². The third-order valence-electron chi connectivity index (χ3n) is 3.40. The number of carbonyl (C=O) groups is 3. The van der Waals surface area contributed by atoms with Gasteiger partial charge in [0.15, 0.2) is 6.29 Å². The number of rotatable bonds is 5. The molecule has 0 aliphatic carbocycles. The molecule has 130 valence electrons. The summed E-state index contributed by atoms with van der Waals surface area (Å²) in [6, 6.07) is 0. The van der Waals surface area contributed by atoms with Gasteiger partial charge >= 0.3 is 17.6 Å². The summed E-state index contributed by atoms with van der Waals surface area (Å²) in [5.41, 5.74) is 4.80. The SMILES string of the molecule is CC(=O)OC[C@H]1O[C@@H](n2cc(C=O)c(N)nc2=O)C[C@@H]1OC(C)=O. The van der Waals surface area contributed by atoms with E-state index in [2.05, 4.69) is 4.98 Å². The lowest BCUT2D eigenvalue weighted by Gasteiger charge is -2.17. The average Bonchev–Trinajstić information content (AvgIpc) is 2.87. The lowest BCUT2D eigenvalue weighted by atomic mass is 10.2. The lowest BCUT2D eigenvalue weighted by molar-refractivity contribution is -0.155. The van der Waals surface area contributed by atoms with Crippen LogP contribution in [0.15, 0.2) is 11.0 Å². The molecule has 2 heterocycles. The zero-order chi connectivity index (χ0) is 17.9. The first-order valence-electron chi connectivity index (χ1n) is 7.11. The molecule has 2 rings (SSSR count). The maximum atomic E-state index is 12.0. The van der Waals surface area contributed by atoms with E-state index in [0.717, 1.165) is 4.57 Å². The van der Waals surface area contributed by atoms with E-state index in [1.807, 2.05) is 0 Å². The highest BCUT2D eigenvalue weighted by atomic mass is 16.6. The fourth-order valence-electron chi connectivity index (χ4n) is 2.35. The van der Waals surface area contributed by atoms with Gasteiger partial charge in [-0.1, -0.05) is 0 Å². The van der Waals surface area contributed by atoms with Crippen LogP contribution in [0.2, 0.25) is 0 Å². The summed E-state index contributed by atoms with van der Waals surface area (Å²) < 4.78 is 16.8. The number of hydrogen-bond acceptors (Lipinski definition) is 9. The van der Waals surface area contributed by atoms with Crippen molar-refractivity contribution < 1.29 is 28.6 Å². The first kappa shape index (κ1) is 17.6. The average molecular weight is 339 g/mol. The highest BCUT2D eigenvalue weighted by molar-refractivity contribution is 5.80. The Labute approximate surface area is 136 Å². The van der Waals surface area contributed by atoms with E-state index in [9.17, 15) is 19.2 Å². The molecule has 0 saturated carbocycles. The highest BCUT2D eigenvalue weighted by Gasteiger charge is 2.39. The summed E-state index contributed by atoms with van der Waals surface area (Å²) in [5.74, 6) is -1.23. The number of nitrogen functional groups attached to an aromatic ring is 1. The van der Waals surface area contributed by atoms with Gasteiger partial charge < -0.3 is 19.9 Å². The van der Waals surface area contributed by atoms with E-state index in [4.69, 9.17) is 19.9 Å². The van der Waals surface area contributed by atoms with Crippen molar-refractivity contribution in [2.45, 2.75) is 38.7 Å². The van der Waals surface area contributed by atoms with Crippen molar-refractivity contribution in [3.05, 3.63) is 22.2 Å². The quantitative estimate of drug-likeness (QED) is 0.551. The molecule has 1 aliphatic heterocycles. The van der Waals surface area contributed by atoms with Crippen LogP contribution >= 0.6 is 0 Å². The van der Waals surface area contributed by atoms with Crippen LogP contribution in [0.5, 0.6) is 0 Å². The van der Waals surface area contributed by atoms with Gasteiger partial charge in [0.05, 0.1) is 5.56 Å². The molecule has 10 nitrogen and oxygen atoms in total. The largest absolute Gasteiger partial charge is 0.463 e. The Morgan fingerprint density at radius 2 is 2.17 bits per heavy atom. The van der Waals surface area contributed by atoms with Gasteiger partial charge in [-0.3, -0.25) is 19.0 Å². The molecule has 10 heteroatoms. The van der Waals surface area contributed by atoms with Gasteiger partial charge in [-0.05, 0) is 0 Å². The molecule has 0 unspecified atom stereocenters. The van der Waals surface area contributed by atoms with Crippen LogP contribution in [0, 0.1) is 0 Å². The first-order chi connectivity index (χ1) is 11.3. The van der Waals surface area contributed by atoms with Crippen LogP contribution in [0.1, 0.15) is 36.9 Å². The molecule has 1 saturated heterocycles. The molecule has 24 heavy (non-hydrogen) atoms. The maximum Gasteiger partial charge on any atom is 0.351 e. The zero-order valence-corrected chi connectivity index (χ0v) is 13.1. The van der Waals surface area contributed by atoms with E-state index in [1.165, 1.54) is 20.0 Å². The van der Waals surface area contributed by atoms with E-state index in [1.54, 1.807) is 0 Å². The standard InChI is InChI=1S/C14H17N3O7/c1-7(19)22-6-11-10(23-8(2)20)3-12(24-11)17-4-9(5-18)13(15)16-14(17)21/h4-5,10-12H,3,6H2,1-2H3,(H2,15,16,21)/t10-,11+,12+/m0/s1. The van der Waals surface area contributed by atoms with E-state index < -0.39 is 36.1 Å². The van der Waals surface area contributed by atoms with Crippen LogP contribution in [0.25, 0.3) is 0 Å². The van der Waals surface area contributed by atoms with E-state index >= 15 is 0 Å². The number of nitrogens with two attached hydrogens (primary N) is 1. The Morgan fingerprint density at radius 3 is 2.75 bits per heavy atom. The first-order valence-corrected chi connectivity index (χ1v) is 7.11. The Balaban J connectivity index is 2.25. The van der Waals surface area contributed by atoms with Crippen molar-refractivity contribution >= 4 is 24.0 Å². The normalized spacial score (nSPS) is 22.8. The van der Waals surface area contributed by atoms with Gasteiger partial charge in [-0.2, -0.15) is 4.98 Å². The summed E-state index contributed by atoms with van der Waals surface area (Å²) in [5, 5.41) is 0. The van der Waals surface area contributed by atoms with Crippen LogP contribution in [0.3, 0.4) is 0 Å². The molecule has 3 atom stereocenters. The van der Waals surface area contributed by atoms with Gasteiger partial charge in [0.2, 0.25) is 0 Å². The highest BCUT2D eigenvalue weighted by Crippen LogP contribution is 2.30. The van der Waals surface area contributed by atoms with Crippen molar-refractivity contribution in [1.82, 2.24) is 9.55 Å². The minimum Gasteiger partial charge on any atom is -0.463 e. The number of nitrogens with zero attached hydrogens (tertiary/aromatic N) is 2. The molecule has 1 aliphatic rings. The van der Waals surface area contributed by atoms with Gasteiger partial charge in [-0.25, -0.2) is 4.79 Å². The minimum atomic E-state index is -0.839. The number of anilines is 1. The monoisotopic (exact) mass is 339 g/mol. The Hall–Kier alpha value is -2.75. The third-order valence-corrected chi connectivity index (χ3v) is 3.40. The summed E-state index contributed by atoms with van der Waals surface area (Å²) in [6.07, 6.45) is -0.471. The summed E-state index contributed by atoms with van der Waals surface area (Å²) in [4.78, 5) is 48.7. The fraction of sp³-hybridized carbons (Fsp3) is 0.500. The van der Waals surface area contributed by atoms with E-state index in [-0.39, 0.29) is 24.4 Å². The van der Waals surface area contributed by atoms with Crippen LogP contribution in [-0.4, -0.2) is 46.6 Å². The van der Waals surface area contributed by atoms with Gasteiger partial charge in [0, 0.05) is 26.5 Å². The van der Waals surface area contributed by atoms with Gasteiger partial charge in [0.1, 0.15) is 30.9 Å². The molecule has 0 amide bonds. The summed E-state index contributed by atoms with van der Waals surface area (Å²) in [6.45, 7) is 2.33. The topological polar surface area (TPSA) is 140 Å². The summed E-state index contributed by atoms with van der Waals surface area (Å²) >= 11 is 0. The van der Waals surface area contributed by atoms with Crippen LogP contribution in [0.4, 0.5) is 5.82 Å². The number of carbonyl (C=O) groups excluding carboxylic acids is 3. The van der Waals surface area contributed by atoms with Crippen LogP contribution < -0.4 is 11.4 Å². The Kier molecular flexibility index (Phi) is 5.29. The van der Waals surface area contributed by atoms with Gasteiger partial charge in [0.25, 0.3) is 0 Å². The van der Waals surface area contributed by atoms with Crippen molar-refractivity contribution in [2.75, 3.05) is 12.3 Å². The van der Waals surface area contributed by atoms with Crippen molar-refractivity contribution in [3.63, 3.8) is 0 Å². The third kappa shape index (κ3) is 3.96. The molecule has 2 N–H and O–H groups in total. The fourth-order valence-corrected chi connectivity index (χ4v) is 2.35. The maximum absolute atomic E-state index is 12.0. The smallest absolute Gasteiger partial charge is 0.351 e. The second-order valence-electron chi connectivity index (χ2n) is 5.20. The molecule has 1 aromatic rings. The number of ether oxygens (including phenoxy) is 3. The Morgan fingerprint density at radius 1 is 1.46 bits per heavy atom. The predicted molar refractivity (Wildman–Crippen MR) is 79.0 cm³/mol. The molecular formula is C14H17N3O7. The van der Waals surface area contributed by atoms with Crippen molar-refractivity contribution in [2.24, 2.45) is 0 Å². The zero-order valence-electron chi connectivity index (χ0n) is 13.1. The molecule has 1 aromatic heterocycles. The van der Waals surface area contributed by atoms with Crippen molar-refractivity contribution in [3.8, 4) is 0 Å².